The fourth-order valence-corrected chi connectivity index (χ4v) is 3.01. The third-order valence-electron chi connectivity index (χ3n) is 4.83. The van der Waals surface area contributed by atoms with E-state index >= 15 is 0 Å². The largest absolute Gasteiger partial charge is 0.352 e. The second-order valence-corrected chi connectivity index (χ2v) is 6.94. The van der Waals surface area contributed by atoms with Crippen LogP contribution in [0.5, 0.6) is 0 Å². The van der Waals surface area contributed by atoms with Crippen LogP contribution in [0.15, 0.2) is 18.2 Å². The summed E-state index contributed by atoms with van der Waals surface area (Å²) in [5, 5.41) is 5.41. The molecule has 0 radical (unpaired) electrons. The molecule has 1 heterocycles. The smallest absolute Gasteiger partial charge is 0.241 e. The average Bonchev–Trinajstić information content (AvgIpc) is 3.42. The topological polar surface area (TPSA) is 64.7 Å². The van der Waals surface area contributed by atoms with Crippen molar-refractivity contribution in [2.24, 2.45) is 0 Å². The van der Waals surface area contributed by atoms with E-state index in [0.29, 0.717) is 38.8 Å². The summed E-state index contributed by atoms with van der Waals surface area (Å²) in [6.45, 7) is 4.75. The summed E-state index contributed by atoms with van der Waals surface area (Å²) in [6.07, 6.45) is 2.14. The molecule has 2 aliphatic rings. The SMILES string of the molecule is C[C@@H](C(=O)Nc1cc(F)ccc1F)N1CCN(CC(=O)NC2CC2)CC1. The molecule has 2 fully saturated rings. The lowest BCUT2D eigenvalue weighted by molar-refractivity contribution is -0.124. The zero-order valence-corrected chi connectivity index (χ0v) is 14.8. The lowest BCUT2D eigenvalue weighted by atomic mass is 10.2. The number of piperazine rings is 1. The van der Waals surface area contributed by atoms with Gasteiger partial charge in [0.2, 0.25) is 11.8 Å². The molecule has 0 bridgehead atoms. The maximum absolute atomic E-state index is 13.7. The van der Waals surface area contributed by atoms with Crippen LogP contribution in [0.2, 0.25) is 0 Å². The average molecular weight is 366 g/mol. The summed E-state index contributed by atoms with van der Waals surface area (Å²) in [5.74, 6) is -1.60. The molecule has 6 nitrogen and oxygen atoms in total. The second-order valence-electron chi connectivity index (χ2n) is 6.94. The predicted molar refractivity (Wildman–Crippen MR) is 93.6 cm³/mol. The molecule has 0 aromatic heterocycles. The van der Waals surface area contributed by atoms with Gasteiger partial charge in [0.1, 0.15) is 11.6 Å². The quantitative estimate of drug-likeness (QED) is 0.794. The molecule has 3 rings (SSSR count). The van der Waals surface area contributed by atoms with Gasteiger partial charge in [0, 0.05) is 38.3 Å². The van der Waals surface area contributed by atoms with Gasteiger partial charge >= 0.3 is 0 Å². The zero-order chi connectivity index (χ0) is 18.7. The Balaban J connectivity index is 1.46. The molecule has 1 aliphatic heterocycles. The van der Waals surface area contributed by atoms with E-state index in [4.69, 9.17) is 0 Å². The highest BCUT2D eigenvalue weighted by molar-refractivity contribution is 5.94. The molecule has 26 heavy (non-hydrogen) atoms. The van der Waals surface area contributed by atoms with E-state index in [2.05, 4.69) is 15.5 Å². The van der Waals surface area contributed by atoms with Crippen LogP contribution in [0.1, 0.15) is 19.8 Å². The summed E-state index contributed by atoms with van der Waals surface area (Å²) < 4.78 is 26.9. The zero-order valence-electron chi connectivity index (χ0n) is 14.8. The predicted octanol–water partition coefficient (Wildman–Crippen LogP) is 1.19. The number of amides is 2. The van der Waals surface area contributed by atoms with Gasteiger partial charge in [-0.05, 0) is 31.9 Å². The van der Waals surface area contributed by atoms with Crippen molar-refractivity contribution in [2.45, 2.75) is 31.8 Å². The van der Waals surface area contributed by atoms with Crippen LogP contribution >= 0.6 is 0 Å². The van der Waals surface area contributed by atoms with Crippen LogP contribution in [0.25, 0.3) is 0 Å². The van der Waals surface area contributed by atoms with E-state index in [0.717, 1.165) is 31.0 Å². The number of carbonyl (C=O) groups excluding carboxylic acids is 2. The number of nitrogens with zero attached hydrogens (tertiary/aromatic N) is 2. The van der Waals surface area contributed by atoms with Gasteiger partial charge in [-0.2, -0.15) is 0 Å². The molecular formula is C18H24F2N4O2. The standard InChI is InChI=1S/C18H24F2N4O2/c1-12(18(26)22-16-10-13(19)2-5-15(16)20)24-8-6-23(7-9-24)11-17(25)21-14-3-4-14/h2,5,10,12,14H,3-4,6-9,11H2,1H3,(H,21,25)(H,22,26)/t12-/m0/s1. The highest BCUT2D eigenvalue weighted by Gasteiger charge is 2.28. The summed E-state index contributed by atoms with van der Waals surface area (Å²) in [7, 11) is 0. The van der Waals surface area contributed by atoms with Crippen molar-refractivity contribution in [3.63, 3.8) is 0 Å². The molecule has 1 saturated carbocycles. The van der Waals surface area contributed by atoms with Crippen LogP contribution in [0.3, 0.4) is 0 Å². The Morgan fingerprint density at radius 2 is 1.88 bits per heavy atom. The van der Waals surface area contributed by atoms with Crippen molar-refractivity contribution >= 4 is 17.5 Å². The Bertz CT molecular complexity index is 673. The van der Waals surface area contributed by atoms with Gasteiger partial charge in [0.15, 0.2) is 0 Å². The maximum Gasteiger partial charge on any atom is 0.241 e. The first-order valence-electron chi connectivity index (χ1n) is 8.94. The van der Waals surface area contributed by atoms with E-state index in [9.17, 15) is 18.4 Å². The molecule has 0 unspecified atom stereocenters. The number of rotatable bonds is 6. The van der Waals surface area contributed by atoms with Crippen molar-refractivity contribution < 1.29 is 18.4 Å². The van der Waals surface area contributed by atoms with Gasteiger partial charge in [-0.3, -0.25) is 19.4 Å². The lowest BCUT2D eigenvalue weighted by Crippen LogP contribution is -2.54. The van der Waals surface area contributed by atoms with Crippen molar-refractivity contribution in [3.05, 3.63) is 29.8 Å². The van der Waals surface area contributed by atoms with Crippen LogP contribution in [-0.2, 0) is 9.59 Å². The van der Waals surface area contributed by atoms with E-state index in [1.165, 1.54) is 0 Å². The molecule has 2 N–H and O–H groups in total. The minimum absolute atomic E-state index is 0.0494. The lowest BCUT2D eigenvalue weighted by Gasteiger charge is -2.37. The van der Waals surface area contributed by atoms with Crippen molar-refractivity contribution in [1.29, 1.82) is 0 Å². The van der Waals surface area contributed by atoms with Gasteiger partial charge in [0.05, 0.1) is 18.3 Å². The first kappa shape index (κ1) is 18.7. The van der Waals surface area contributed by atoms with Crippen molar-refractivity contribution in [2.75, 3.05) is 38.0 Å². The molecule has 0 spiro atoms. The van der Waals surface area contributed by atoms with Crippen LogP contribution < -0.4 is 10.6 Å². The molecule has 1 aliphatic carbocycles. The fourth-order valence-electron chi connectivity index (χ4n) is 3.01. The van der Waals surface area contributed by atoms with Gasteiger partial charge in [-0.1, -0.05) is 0 Å². The summed E-state index contributed by atoms with van der Waals surface area (Å²) in [4.78, 5) is 28.2. The molecular weight excluding hydrogens is 342 g/mol. The Morgan fingerprint density at radius 1 is 1.19 bits per heavy atom. The number of hydrogen-bond donors (Lipinski definition) is 2. The summed E-state index contributed by atoms with van der Waals surface area (Å²) in [5.41, 5.74) is -0.155. The molecule has 1 aromatic rings. The Kier molecular flexibility index (Phi) is 5.83. The number of halogens is 2. The molecule has 1 saturated heterocycles. The summed E-state index contributed by atoms with van der Waals surface area (Å²) >= 11 is 0. The first-order valence-corrected chi connectivity index (χ1v) is 8.94. The first-order chi connectivity index (χ1) is 12.4. The molecule has 2 amide bonds. The Hall–Kier alpha value is -2.06. The number of hydrogen-bond acceptors (Lipinski definition) is 4. The van der Waals surface area contributed by atoms with Gasteiger partial charge < -0.3 is 10.6 Å². The molecule has 1 aromatic carbocycles. The van der Waals surface area contributed by atoms with E-state index in [1.807, 2.05) is 4.90 Å². The Morgan fingerprint density at radius 3 is 2.54 bits per heavy atom. The van der Waals surface area contributed by atoms with Gasteiger partial charge in [-0.25, -0.2) is 8.78 Å². The third kappa shape index (κ3) is 4.98. The fraction of sp³-hybridized carbons (Fsp3) is 0.556. The minimum atomic E-state index is -0.668. The molecule has 1 atom stereocenters. The monoisotopic (exact) mass is 366 g/mol. The van der Waals surface area contributed by atoms with Crippen LogP contribution in [0.4, 0.5) is 14.5 Å². The number of carbonyl (C=O) groups is 2. The highest BCUT2D eigenvalue weighted by Crippen LogP contribution is 2.19. The maximum atomic E-state index is 13.7. The normalized spacial score (nSPS) is 19.8. The third-order valence-corrected chi connectivity index (χ3v) is 4.83. The number of nitrogens with one attached hydrogen (secondary N) is 2. The minimum Gasteiger partial charge on any atom is -0.352 e. The van der Waals surface area contributed by atoms with E-state index in [-0.39, 0.29) is 17.5 Å². The Labute approximate surface area is 151 Å². The van der Waals surface area contributed by atoms with Gasteiger partial charge in [-0.15, -0.1) is 0 Å². The van der Waals surface area contributed by atoms with Gasteiger partial charge in [0.25, 0.3) is 0 Å². The van der Waals surface area contributed by atoms with E-state index in [1.54, 1.807) is 6.92 Å². The molecule has 142 valence electrons. The van der Waals surface area contributed by atoms with Crippen LogP contribution in [0, 0.1) is 11.6 Å². The summed E-state index contributed by atoms with van der Waals surface area (Å²) in [6, 6.07) is 2.85. The second kappa shape index (κ2) is 8.09. The van der Waals surface area contributed by atoms with E-state index < -0.39 is 17.7 Å². The molecule has 8 heteroatoms. The van der Waals surface area contributed by atoms with Crippen LogP contribution in [-0.4, -0.2) is 66.4 Å². The van der Waals surface area contributed by atoms with Crippen molar-refractivity contribution in [1.82, 2.24) is 15.1 Å². The number of benzene rings is 1. The van der Waals surface area contributed by atoms with Crippen molar-refractivity contribution in [3.8, 4) is 0 Å². The number of anilines is 1. The highest BCUT2D eigenvalue weighted by atomic mass is 19.1.